The summed E-state index contributed by atoms with van der Waals surface area (Å²) in [6, 6.07) is 0.684. The molecule has 1 saturated carbocycles. The Morgan fingerprint density at radius 1 is 1.46 bits per heavy atom. The van der Waals surface area contributed by atoms with E-state index in [4.69, 9.17) is 0 Å². The summed E-state index contributed by atoms with van der Waals surface area (Å²) in [6.45, 7) is 5.95. The van der Waals surface area contributed by atoms with Crippen molar-refractivity contribution >= 4 is 0 Å². The normalized spacial score (nSPS) is 16.5. The van der Waals surface area contributed by atoms with Crippen molar-refractivity contribution in [3.05, 3.63) is 11.6 Å². The van der Waals surface area contributed by atoms with Crippen molar-refractivity contribution < 1.29 is 0 Å². The van der Waals surface area contributed by atoms with E-state index < -0.39 is 0 Å². The van der Waals surface area contributed by atoms with Crippen molar-refractivity contribution in [1.29, 1.82) is 0 Å². The Balaban J connectivity index is 2.13. The molecule has 13 heavy (non-hydrogen) atoms. The highest BCUT2D eigenvalue weighted by Crippen LogP contribution is 2.36. The molecule has 0 aromatic carbocycles. The van der Waals surface area contributed by atoms with Crippen LogP contribution in [-0.4, -0.2) is 21.3 Å². The molecular formula is C9H16N4. The molecule has 2 rings (SSSR count). The molecule has 0 unspecified atom stereocenters. The third-order valence-corrected chi connectivity index (χ3v) is 2.38. The van der Waals surface area contributed by atoms with Crippen LogP contribution in [0.5, 0.6) is 0 Å². The van der Waals surface area contributed by atoms with E-state index in [0.717, 1.165) is 24.7 Å². The van der Waals surface area contributed by atoms with Crippen molar-refractivity contribution in [2.45, 2.75) is 39.3 Å². The number of hydrogen-bond acceptors (Lipinski definition) is 3. The summed E-state index contributed by atoms with van der Waals surface area (Å²) >= 11 is 0. The molecule has 0 amide bonds. The van der Waals surface area contributed by atoms with E-state index >= 15 is 0 Å². The van der Waals surface area contributed by atoms with Crippen LogP contribution < -0.4 is 5.32 Å². The first-order chi connectivity index (χ1) is 6.33. The molecule has 0 radical (unpaired) electrons. The van der Waals surface area contributed by atoms with Crippen LogP contribution in [0.1, 0.15) is 37.5 Å². The lowest BCUT2D eigenvalue weighted by Gasteiger charge is -2.06. The van der Waals surface area contributed by atoms with E-state index in [2.05, 4.69) is 27.0 Å². The maximum atomic E-state index is 4.16. The van der Waals surface area contributed by atoms with Crippen LogP contribution in [0.2, 0.25) is 0 Å². The maximum absolute atomic E-state index is 4.16. The molecule has 1 aromatic heterocycles. The van der Waals surface area contributed by atoms with Gasteiger partial charge in [0.2, 0.25) is 0 Å². The van der Waals surface area contributed by atoms with Gasteiger partial charge in [0.15, 0.2) is 0 Å². The lowest BCUT2D eigenvalue weighted by Crippen LogP contribution is -2.16. The summed E-state index contributed by atoms with van der Waals surface area (Å²) in [4.78, 5) is 0. The highest BCUT2D eigenvalue weighted by atomic mass is 15.3. The third kappa shape index (κ3) is 1.72. The number of rotatable bonds is 4. The fraction of sp³-hybridized carbons (Fsp3) is 0.778. The second kappa shape index (κ2) is 3.46. The smallest absolute Gasteiger partial charge is 0.147 e. The van der Waals surface area contributed by atoms with Crippen LogP contribution in [0.4, 0.5) is 0 Å². The summed E-state index contributed by atoms with van der Waals surface area (Å²) in [7, 11) is 0. The molecule has 4 heteroatoms. The van der Waals surface area contributed by atoms with Crippen molar-refractivity contribution in [2.24, 2.45) is 0 Å². The summed E-state index contributed by atoms with van der Waals surface area (Å²) in [6.07, 6.45) is 2.58. The fourth-order valence-corrected chi connectivity index (χ4v) is 1.58. The Kier molecular flexibility index (Phi) is 2.31. The number of hydrogen-bond donors (Lipinski definition) is 1. The largest absolute Gasteiger partial charge is 0.311 e. The number of aromatic nitrogens is 3. The zero-order valence-corrected chi connectivity index (χ0v) is 8.25. The van der Waals surface area contributed by atoms with Crippen LogP contribution >= 0.6 is 0 Å². The number of nitrogens with one attached hydrogen (secondary N) is 1. The van der Waals surface area contributed by atoms with E-state index in [1.807, 2.05) is 6.92 Å². The van der Waals surface area contributed by atoms with E-state index in [9.17, 15) is 0 Å². The quantitative estimate of drug-likeness (QED) is 0.752. The summed E-state index contributed by atoms with van der Waals surface area (Å²) in [5, 5.41) is 11.5. The summed E-state index contributed by atoms with van der Waals surface area (Å²) in [5.74, 6) is 2.14. The molecule has 0 spiro atoms. The molecule has 0 saturated heterocycles. The lowest BCUT2D eigenvalue weighted by molar-refractivity contribution is 0.611. The topological polar surface area (TPSA) is 42.7 Å². The molecule has 1 aliphatic carbocycles. The Morgan fingerprint density at radius 2 is 2.23 bits per heavy atom. The molecule has 1 N–H and O–H groups in total. The van der Waals surface area contributed by atoms with Gasteiger partial charge >= 0.3 is 0 Å². The van der Waals surface area contributed by atoms with Gasteiger partial charge in [-0.05, 0) is 26.3 Å². The second-order valence-electron chi connectivity index (χ2n) is 3.54. The minimum absolute atomic E-state index is 0.684. The van der Waals surface area contributed by atoms with Gasteiger partial charge in [0.1, 0.15) is 11.6 Å². The zero-order chi connectivity index (χ0) is 9.26. The van der Waals surface area contributed by atoms with E-state index in [-0.39, 0.29) is 0 Å². The fourth-order valence-electron chi connectivity index (χ4n) is 1.58. The lowest BCUT2D eigenvalue weighted by atomic mass is 10.5. The minimum atomic E-state index is 0.684. The summed E-state index contributed by atoms with van der Waals surface area (Å²) < 4.78 is 2.27. The number of aryl methyl sites for hydroxylation is 1. The van der Waals surface area contributed by atoms with Gasteiger partial charge in [0.25, 0.3) is 0 Å². The molecule has 0 bridgehead atoms. The number of nitrogens with zero attached hydrogens (tertiary/aromatic N) is 3. The Morgan fingerprint density at radius 3 is 2.85 bits per heavy atom. The zero-order valence-electron chi connectivity index (χ0n) is 8.25. The highest BCUT2D eigenvalue weighted by Gasteiger charge is 2.27. The minimum Gasteiger partial charge on any atom is -0.311 e. The predicted molar refractivity (Wildman–Crippen MR) is 50.4 cm³/mol. The van der Waals surface area contributed by atoms with Crippen LogP contribution in [0, 0.1) is 6.92 Å². The molecule has 72 valence electrons. The molecule has 1 aromatic rings. The Labute approximate surface area is 78.4 Å². The van der Waals surface area contributed by atoms with Gasteiger partial charge < -0.3 is 9.88 Å². The van der Waals surface area contributed by atoms with Crippen molar-refractivity contribution in [3.63, 3.8) is 0 Å². The van der Waals surface area contributed by atoms with Gasteiger partial charge in [0.05, 0.1) is 6.54 Å². The average Bonchev–Trinajstić information content (AvgIpc) is 2.88. The Bertz CT molecular complexity index is 288. The van der Waals surface area contributed by atoms with Gasteiger partial charge in [-0.25, -0.2) is 0 Å². The average molecular weight is 180 g/mol. The SMILES string of the molecule is CCNCc1nnc(C)n1C1CC1. The van der Waals surface area contributed by atoms with E-state index in [0.29, 0.717) is 6.04 Å². The Hall–Kier alpha value is -0.900. The molecule has 1 heterocycles. The van der Waals surface area contributed by atoms with E-state index in [1.165, 1.54) is 12.8 Å². The van der Waals surface area contributed by atoms with Crippen molar-refractivity contribution in [3.8, 4) is 0 Å². The van der Waals surface area contributed by atoms with Crippen LogP contribution in [0.25, 0.3) is 0 Å². The maximum Gasteiger partial charge on any atom is 0.147 e. The van der Waals surface area contributed by atoms with Gasteiger partial charge in [-0.3, -0.25) is 0 Å². The van der Waals surface area contributed by atoms with Gasteiger partial charge in [-0.1, -0.05) is 6.92 Å². The molecule has 1 fully saturated rings. The van der Waals surface area contributed by atoms with Crippen molar-refractivity contribution in [1.82, 2.24) is 20.1 Å². The standard InChI is InChI=1S/C9H16N4/c1-3-10-6-9-12-11-7(2)13(9)8-4-5-8/h8,10H,3-6H2,1-2H3. The van der Waals surface area contributed by atoms with Crippen molar-refractivity contribution in [2.75, 3.05) is 6.54 Å². The van der Waals surface area contributed by atoms with E-state index in [1.54, 1.807) is 0 Å². The van der Waals surface area contributed by atoms with Crippen LogP contribution in [0.3, 0.4) is 0 Å². The monoisotopic (exact) mass is 180 g/mol. The van der Waals surface area contributed by atoms with Gasteiger partial charge in [-0.15, -0.1) is 10.2 Å². The van der Waals surface area contributed by atoms with Crippen LogP contribution in [0.15, 0.2) is 0 Å². The molecule has 0 atom stereocenters. The second-order valence-corrected chi connectivity index (χ2v) is 3.54. The molecule has 0 aliphatic heterocycles. The third-order valence-electron chi connectivity index (χ3n) is 2.38. The van der Waals surface area contributed by atoms with Gasteiger partial charge in [-0.2, -0.15) is 0 Å². The first-order valence-electron chi connectivity index (χ1n) is 4.94. The molecule has 4 nitrogen and oxygen atoms in total. The first-order valence-corrected chi connectivity index (χ1v) is 4.94. The van der Waals surface area contributed by atoms with Gasteiger partial charge in [0, 0.05) is 6.04 Å². The predicted octanol–water partition coefficient (Wildman–Crippen LogP) is 1.03. The van der Waals surface area contributed by atoms with Crippen LogP contribution in [-0.2, 0) is 6.54 Å². The molecular weight excluding hydrogens is 164 g/mol. The highest BCUT2D eigenvalue weighted by molar-refractivity contribution is 5.01. The summed E-state index contributed by atoms with van der Waals surface area (Å²) in [5.41, 5.74) is 0. The first kappa shape index (κ1) is 8.69. The molecule has 1 aliphatic rings.